The number of rotatable bonds is 2. The summed E-state index contributed by atoms with van der Waals surface area (Å²) in [5.41, 5.74) is 0.922. The van der Waals surface area contributed by atoms with E-state index in [9.17, 15) is 5.11 Å². The molecule has 7 nitrogen and oxygen atoms in total. The fourth-order valence-corrected chi connectivity index (χ4v) is 2.52. The van der Waals surface area contributed by atoms with E-state index in [0.717, 1.165) is 5.71 Å². The van der Waals surface area contributed by atoms with Gasteiger partial charge in [0.15, 0.2) is 6.17 Å². The van der Waals surface area contributed by atoms with E-state index in [4.69, 9.17) is 9.84 Å². The zero-order valence-electron chi connectivity index (χ0n) is 10.0. The summed E-state index contributed by atoms with van der Waals surface area (Å²) in [6, 6.07) is -0.0658. The summed E-state index contributed by atoms with van der Waals surface area (Å²) in [6.07, 6.45) is 2.09. The van der Waals surface area contributed by atoms with Gasteiger partial charge in [-0.1, -0.05) is 0 Å². The Hall–Kier alpha value is -1.31. The molecule has 2 N–H and O–H groups in total. The third kappa shape index (κ3) is 1.75. The molecule has 5 atom stereocenters. The van der Waals surface area contributed by atoms with E-state index in [0.29, 0.717) is 6.42 Å². The Kier molecular flexibility index (Phi) is 2.89. The summed E-state index contributed by atoms with van der Waals surface area (Å²) >= 11 is 0. The van der Waals surface area contributed by atoms with Crippen molar-refractivity contribution >= 4 is 18.4 Å². The van der Waals surface area contributed by atoms with Crippen molar-refractivity contribution in [2.45, 2.75) is 44.0 Å². The van der Waals surface area contributed by atoms with Crippen LogP contribution in [-0.4, -0.2) is 70.8 Å². The Bertz CT molecular complexity index is 423. The van der Waals surface area contributed by atoms with Crippen LogP contribution in [0, 0.1) is 0 Å². The predicted octanol–water partition coefficient (Wildman–Crippen LogP) is -1.00. The molecule has 3 heterocycles. The van der Waals surface area contributed by atoms with E-state index in [1.54, 1.807) is 6.34 Å². The zero-order chi connectivity index (χ0) is 12.7. The van der Waals surface area contributed by atoms with Gasteiger partial charge in [-0.2, -0.15) is 0 Å². The maximum Gasteiger partial charge on any atom is 0.153 e. The molecule has 3 aliphatic rings. The molecule has 0 aromatic heterocycles. The number of hydrogen-bond acceptors (Lipinski definition) is 7. The molecule has 5 unspecified atom stereocenters. The van der Waals surface area contributed by atoms with Crippen LogP contribution in [-0.2, 0) is 4.74 Å². The second kappa shape index (κ2) is 4.42. The van der Waals surface area contributed by atoms with Gasteiger partial charge in [0.1, 0.15) is 24.7 Å². The maximum atomic E-state index is 9.75. The predicted molar refractivity (Wildman–Crippen MR) is 65.9 cm³/mol. The highest BCUT2D eigenvalue weighted by Gasteiger charge is 2.43. The molecule has 18 heavy (non-hydrogen) atoms. The van der Waals surface area contributed by atoms with Gasteiger partial charge in [-0.05, 0) is 6.92 Å². The van der Waals surface area contributed by atoms with E-state index in [1.807, 2.05) is 11.8 Å². The van der Waals surface area contributed by atoms with Crippen LogP contribution in [0.1, 0.15) is 13.3 Å². The average molecular weight is 252 g/mol. The van der Waals surface area contributed by atoms with Crippen LogP contribution in [0.25, 0.3) is 0 Å². The van der Waals surface area contributed by atoms with Crippen molar-refractivity contribution in [3.8, 4) is 0 Å². The molecule has 0 radical (unpaired) electrons. The van der Waals surface area contributed by atoms with Crippen LogP contribution in [0.5, 0.6) is 0 Å². The van der Waals surface area contributed by atoms with Crippen molar-refractivity contribution in [1.29, 1.82) is 0 Å². The lowest BCUT2D eigenvalue weighted by Crippen LogP contribution is -2.45. The van der Waals surface area contributed by atoms with Crippen molar-refractivity contribution in [3.05, 3.63) is 0 Å². The van der Waals surface area contributed by atoms with Gasteiger partial charge in [0.05, 0.1) is 19.0 Å². The summed E-state index contributed by atoms with van der Waals surface area (Å²) < 4.78 is 5.61. The second-order valence-corrected chi connectivity index (χ2v) is 4.72. The van der Waals surface area contributed by atoms with Crippen molar-refractivity contribution < 1.29 is 14.9 Å². The monoisotopic (exact) mass is 252 g/mol. The van der Waals surface area contributed by atoms with E-state index in [-0.39, 0.29) is 25.0 Å². The van der Waals surface area contributed by atoms with Crippen molar-refractivity contribution in [2.24, 2.45) is 15.0 Å². The van der Waals surface area contributed by atoms with Crippen LogP contribution >= 0.6 is 0 Å². The van der Waals surface area contributed by atoms with E-state index in [1.165, 1.54) is 6.34 Å². The Balaban J connectivity index is 1.74. The molecule has 3 aliphatic heterocycles. The van der Waals surface area contributed by atoms with Crippen molar-refractivity contribution in [1.82, 2.24) is 4.90 Å². The smallest absolute Gasteiger partial charge is 0.153 e. The molecule has 0 bridgehead atoms. The van der Waals surface area contributed by atoms with Crippen LogP contribution < -0.4 is 0 Å². The third-order valence-corrected chi connectivity index (χ3v) is 3.57. The summed E-state index contributed by atoms with van der Waals surface area (Å²) in [4.78, 5) is 14.7. The normalized spacial score (nSPS) is 42.3. The fraction of sp³-hybridized carbons (Fsp3) is 0.727. The number of aliphatic hydroxyl groups excluding tert-OH is 2. The minimum Gasteiger partial charge on any atom is -0.394 e. The minimum atomic E-state index is -0.644. The van der Waals surface area contributed by atoms with Crippen LogP contribution in [0.3, 0.4) is 0 Å². The summed E-state index contributed by atoms with van der Waals surface area (Å²) in [5.74, 6) is 0. The first-order valence-corrected chi connectivity index (χ1v) is 6.02. The molecule has 7 heteroatoms. The van der Waals surface area contributed by atoms with Gasteiger partial charge in [0.25, 0.3) is 0 Å². The lowest BCUT2D eigenvalue weighted by Gasteiger charge is -2.30. The summed E-state index contributed by atoms with van der Waals surface area (Å²) in [7, 11) is 0. The molecule has 0 aliphatic carbocycles. The summed E-state index contributed by atoms with van der Waals surface area (Å²) in [5, 5.41) is 18.8. The highest BCUT2D eigenvalue weighted by atomic mass is 16.5. The molecular formula is C11H16N4O3. The first kappa shape index (κ1) is 11.8. The fourth-order valence-electron chi connectivity index (χ4n) is 2.52. The van der Waals surface area contributed by atoms with Crippen LogP contribution in [0.15, 0.2) is 15.0 Å². The highest BCUT2D eigenvalue weighted by molar-refractivity contribution is 5.97. The lowest BCUT2D eigenvalue weighted by atomic mass is 10.1. The number of aliphatic imine (C=N–C) groups is 3. The number of ether oxygens (including phenoxy) is 1. The quantitative estimate of drug-likeness (QED) is 0.659. The summed E-state index contributed by atoms with van der Waals surface area (Å²) in [6.45, 7) is 1.74. The average Bonchev–Trinajstić information content (AvgIpc) is 2.93. The van der Waals surface area contributed by atoms with E-state index < -0.39 is 12.2 Å². The first-order chi connectivity index (χ1) is 8.70. The topological polar surface area (TPSA) is 90.0 Å². The Morgan fingerprint density at radius 1 is 1.50 bits per heavy atom. The largest absolute Gasteiger partial charge is 0.394 e. The van der Waals surface area contributed by atoms with Crippen molar-refractivity contribution in [3.63, 3.8) is 0 Å². The van der Waals surface area contributed by atoms with Crippen LogP contribution in [0.2, 0.25) is 0 Å². The Morgan fingerprint density at radius 3 is 3.06 bits per heavy atom. The number of fused-ring (bicyclic) bond motifs is 1. The minimum absolute atomic E-state index is 0.0658. The van der Waals surface area contributed by atoms with Crippen molar-refractivity contribution in [2.75, 3.05) is 6.61 Å². The molecule has 0 saturated carbocycles. The van der Waals surface area contributed by atoms with E-state index >= 15 is 0 Å². The number of hydrogen-bond donors (Lipinski definition) is 2. The maximum absolute atomic E-state index is 9.75. The molecule has 0 amide bonds. The molecule has 1 saturated heterocycles. The Labute approximate surface area is 105 Å². The highest BCUT2D eigenvalue weighted by Crippen LogP contribution is 2.29. The third-order valence-electron chi connectivity index (χ3n) is 3.57. The van der Waals surface area contributed by atoms with Gasteiger partial charge < -0.3 is 19.8 Å². The van der Waals surface area contributed by atoms with Gasteiger partial charge in [-0.25, -0.2) is 9.98 Å². The molecular weight excluding hydrogens is 236 g/mol. The Morgan fingerprint density at radius 2 is 2.33 bits per heavy atom. The molecule has 0 aromatic carbocycles. The molecule has 0 spiro atoms. The lowest BCUT2D eigenvalue weighted by molar-refractivity contribution is -0.0628. The van der Waals surface area contributed by atoms with Crippen LogP contribution in [0.4, 0.5) is 0 Å². The molecule has 3 rings (SSSR count). The van der Waals surface area contributed by atoms with Gasteiger partial charge >= 0.3 is 0 Å². The number of nitrogens with zero attached hydrogens (tertiary/aromatic N) is 4. The van der Waals surface area contributed by atoms with Gasteiger partial charge in [-0.15, -0.1) is 0 Å². The zero-order valence-corrected chi connectivity index (χ0v) is 10.0. The van der Waals surface area contributed by atoms with E-state index in [2.05, 4.69) is 15.0 Å². The van der Waals surface area contributed by atoms with Gasteiger partial charge in [-0.3, -0.25) is 4.99 Å². The first-order valence-electron chi connectivity index (χ1n) is 6.02. The molecule has 98 valence electrons. The van der Waals surface area contributed by atoms with Gasteiger partial charge in [0.2, 0.25) is 0 Å². The molecule has 0 aromatic rings. The second-order valence-electron chi connectivity index (χ2n) is 4.72. The standard InChI is InChI=1S/C11H16N4O3/c1-6-10-11(13-4-12-6)15(5-14-10)9-2-7(17)8(3-16)18-9/h4-5,7-11,16-17H,2-3H2,1H3. The molecule has 1 fully saturated rings. The SMILES string of the molecule is CC1=NC=NC2C1N=CN2C1CC(O)C(CO)O1. The number of aliphatic hydroxyl groups is 2. The van der Waals surface area contributed by atoms with Gasteiger partial charge in [0, 0.05) is 12.1 Å².